The lowest BCUT2D eigenvalue weighted by atomic mass is 9.92. The van der Waals surface area contributed by atoms with Gasteiger partial charge < -0.3 is 15.2 Å². The summed E-state index contributed by atoms with van der Waals surface area (Å²) in [5.74, 6) is -0.482. The number of hydrogen-bond acceptors (Lipinski definition) is 3. The topological polar surface area (TPSA) is 41.5 Å². The van der Waals surface area contributed by atoms with Gasteiger partial charge in [0.05, 0.1) is 12.2 Å². The average Bonchev–Trinajstić information content (AvgIpc) is 2.28. The van der Waals surface area contributed by atoms with Crippen molar-refractivity contribution in [3.63, 3.8) is 0 Å². The molecule has 0 heterocycles. The van der Waals surface area contributed by atoms with Gasteiger partial charge in [0.25, 0.3) is 0 Å². The van der Waals surface area contributed by atoms with E-state index in [1.54, 1.807) is 20.1 Å². The zero-order chi connectivity index (χ0) is 13.6. The second-order valence-electron chi connectivity index (χ2n) is 4.39. The summed E-state index contributed by atoms with van der Waals surface area (Å²) in [6, 6.07) is 4.31. The molecule has 0 bridgehead atoms. The van der Waals surface area contributed by atoms with E-state index >= 15 is 0 Å². The van der Waals surface area contributed by atoms with Crippen LogP contribution in [0.2, 0.25) is 5.02 Å². The van der Waals surface area contributed by atoms with Crippen LogP contribution in [0.25, 0.3) is 0 Å². The van der Waals surface area contributed by atoms with Crippen LogP contribution in [-0.2, 0) is 10.3 Å². The van der Waals surface area contributed by atoms with E-state index in [1.165, 1.54) is 12.1 Å². The molecule has 1 rings (SSSR count). The van der Waals surface area contributed by atoms with Gasteiger partial charge in [0.1, 0.15) is 5.82 Å². The number of benzene rings is 1. The molecular formula is C13H19ClFNO2. The third-order valence-electron chi connectivity index (χ3n) is 2.78. The molecule has 0 saturated carbocycles. The number of halogens is 2. The molecule has 1 atom stereocenters. The lowest BCUT2D eigenvalue weighted by molar-refractivity contribution is 0.0439. The predicted octanol–water partition coefficient (Wildman–Crippen LogP) is 2.31. The van der Waals surface area contributed by atoms with Gasteiger partial charge >= 0.3 is 0 Å². The lowest BCUT2D eigenvalue weighted by Gasteiger charge is -2.24. The third-order valence-corrected chi connectivity index (χ3v) is 3.02. The minimum absolute atomic E-state index is 0.264. The SMILES string of the molecule is COCCNCCC(C)(O)c1ccc(Cl)cc1F. The first-order valence-electron chi connectivity index (χ1n) is 5.85. The zero-order valence-corrected chi connectivity index (χ0v) is 11.4. The first-order valence-corrected chi connectivity index (χ1v) is 6.23. The van der Waals surface area contributed by atoms with Crippen LogP contribution >= 0.6 is 11.6 Å². The maximum Gasteiger partial charge on any atom is 0.130 e. The highest BCUT2D eigenvalue weighted by Gasteiger charge is 2.25. The minimum atomic E-state index is -1.21. The summed E-state index contributed by atoms with van der Waals surface area (Å²) in [4.78, 5) is 0. The lowest BCUT2D eigenvalue weighted by Crippen LogP contribution is -2.30. The highest BCUT2D eigenvalue weighted by molar-refractivity contribution is 6.30. The number of rotatable bonds is 7. The van der Waals surface area contributed by atoms with Crippen LogP contribution < -0.4 is 5.32 Å². The fourth-order valence-electron chi connectivity index (χ4n) is 1.69. The summed E-state index contributed by atoms with van der Waals surface area (Å²) < 4.78 is 18.6. The fraction of sp³-hybridized carbons (Fsp3) is 0.538. The van der Waals surface area contributed by atoms with Crippen molar-refractivity contribution < 1.29 is 14.2 Å². The summed E-state index contributed by atoms with van der Waals surface area (Å²) in [6.07, 6.45) is 0.412. The van der Waals surface area contributed by atoms with E-state index in [-0.39, 0.29) is 5.56 Å². The van der Waals surface area contributed by atoms with Crippen LogP contribution in [0.5, 0.6) is 0 Å². The van der Waals surface area contributed by atoms with Crippen LogP contribution in [0.4, 0.5) is 4.39 Å². The first kappa shape index (κ1) is 15.4. The molecule has 0 radical (unpaired) electrons. The Kier molecular flexibility index (Phi) is 6.02. The van der Waals surface area contributed by atoms with Crippen molar-refractivity contribution in [2.45, 2.75) is 18.9 Å². The fourth-order valence-corrected chi connectivity index (χ4v) is 1.85. The van der Waals surface area contributed by atoms with Crippen molar-refractivity contribution in [2.24, 2.45) is 0 Å². The number of methoxy groups -OCH3 is 1. The largest absolute Gasteiger partial charge is 0.385 e. The van der Waals surface area contributed by atoms with Crippen LogP contribution in [-0.4, -0.2) is 31.9 Å². The third kappa shape index (κ3) is 4.53. The monoisotopic (exact) mass is 275 g/mol. The number of ether oxygens (including phenoxy) is 1. The summed E-state index contributed by atoms with van der Waals surface area (Å²) >= 11 is 5.68. The van der Waals surface area contributed by atoms with Gasteiger partial charge in [-0.05, 0) is 32.0 Å². The maximum absolute atomic E-state index is 13.7. The smallest absolute Gasteiger partial charge is 0.130 e. The molecule has 0 aromatic heterocycles. The normalized spacial score (nSPS) is 14.5. The van der Waals surface area contributed by atoms with Crippen molar-refractivity contribution in [2.75, 3.05) is 26.8 Å². The molecule has 0 saturated heterocycles. The van der Waals surface area contributed by atoms with E-state index < -0.39 is 11.4 Å². The molecule has 0 spiro atoms. The second kappa shape index (κ2) is 7.04. The average molecular weight is 276 g/mol. The molecule has 1 unspecified atom stereocenters. The molecule has 18 heavy (non-hydrogen) atoms. The van der Waals surface area contributed by atoms with Crippen LogP contribution in [0.15, 0.2) is 18.2 Å². The Morgan fingerprint density at radius 2 is 2.17 bits per heavy atom. The van der Waals surface area contributed by atoms with Crippen LogP contribution in [0.1, 0.15) is 18.9 Å². The van der Waals surface area contributed by atoms with E-state index in [2.05, 4.69) is 5.32 Å². The van der Waals surface area contributed by atoms with Gasteiger partial charge in [-0.1, -0.05) is 17.7 Å². The Morgan fingerprint density at radius 1 is 1.44 bits per heavy atom. The molecule has 102 valence electrons. The summed E-state index contributed by atoms with van der Waals surface area (Å²) in [7, 11) is 1.63. The van der Waals surface area contributed by atoms with Crippen LogP contribution in [0.3, 0.4) is 0 Å². The highest BCUT2D eigenvalue weighted by Crippen LogP contribution is 2.28. The van der Waals surface area contributed by atoms with E-state index in [1.807, 2.05) is 0 Å². The van der Waals surface area contributed by atoms with Gasteiger partial charge in [-0.25, -0.2) is 4.39 Å². The molecule has 0 aliphatic heterocycles. The van der Waals surface area contributed by atoms with Gasteiger partial charge in [-0.15, -0.1) is 0 Å². The van der Waals surface area contributed by atoms with Crippen molar-refractivity contribution in [1.82, 2.24) is 5.32 Å². The van der Waals surface area contributed by atoms with Crippen molar-refractivity contribution in [3.05, 3.63) is 34.6 Å². The number of aliphatic hydroxyl groups is 1. The summed E-state index contributed by atoms with van der Waals surface area (Å²) in [6.45, 7) is 3.49. The van der Waals surface area contributed by atoms with Gasteiger partial charge in [0.15, 0.2) is 0 Å². The molecule has 0 aliphatic carbocycles. The molecule has 0 amide bonds. The Morgan fingerprint density at radius 3 is 2.78 bits per heavy atom. The van der Waals surface area contributed by atoms with Gasteiger partial charge in [0.2, 0.25) is 0 Å². The summed E-state index contributed by atoms with van der Waals surface area (Å²) in [5.41, 5.74) is -0.949. The van der Waals surface area contributed by atoms with E-state index in [4.69, 9.17) is 16.3 Å². The van der Waals surface area contributed by atoms with Gasteiger partial charge in [-0.3, -0.25) is 0 Å². The quantitative estimate of drug-likeness (QED) is 0.751. The Labute approximate surface area is 112 Å². The van der Waals surface area contributed by atoms with Crippen LogP contribution in [0, 0.1) is 5.82 Å². The number of hydrogen-bond donors (Lipinski definition) is 2. The molecule has 1 aromatic carbocycles. The van der Waals surface area contributed by atoms with Crippen molar-refractivity contribution in [3.8, 4) is 0 Å². The van der Waals surface area contributed by atoms with Gasteiger partial charge in [-0.2, -0.15) is 0 Å². The molecule has 1 aromatic rings. The van der Waals surface area contributed by atoms with Crippen molar-refractivity contribution >= 4 is 11.6 Å². The Hall–Kier alpha value is -0.680. The van der Waals surface area contributed by atoms with Crippen molar-refractivity contribution in [1.29, 1.82) is 0 Å². The zero-order valence-electron chi connectivity index (χ0n) is 10.7. The second-order valence-corrected chi connectivity index (χ2v) is 4.83. The molecule has 3 nitrogen and oxygen atoms in total. The summed E-state index contributed by atoms with van der Waals surface area (Å²) in [5, 5.41) is 13.7. The Bertz CT molecular complexity index is 385. The molecular weight excluding hydrogens is 257 g/mol. The highest BCUT2D eigenvalue weighted by atomic mass is 35.5. The molecule has 0 fully saturated rings. The standard InChI is InChI=1S/C13H19ClFNO2/c1-13(17,5-6-16-7-8-18-2)11-4-3-10(14)9-12(11)15/h3-4,9,16-17H,5-8H2,1-2H3. The first-order chi connectivity index (χ1) is 8.47. The molecule has 0 aliphatic rings. The van der Waals surface area contributed by atoms with E-state index in [9.17, 15) is 9.50 Å². The number of nitrogens with one attached hydrogen (secondary N) is 1. The molecule has 2 N–H and O–H groups in total. The predicted molar refractivity (Wildman–Crippen MR) is 70.3 cm³/mol. The van der Waals surface area contributed by atoms with Gasteiger partial charge in [0, 0.05) is 24.2 Å². The molecule has 5 heteroatoms. The van der Waals surface area contributed by atoms with E-state index in [0.29, 0.717) is 31.1 Å². The maximum atomic E-state index is 13.7. The minimum Gasteiger partial charge on any atom is -0.385 e. The van der Waals surface area contributed by atoms with E-state index in [0.717, 1.165) is 0 Å². The Balaban J connectivity index is 2.56.